The van der Waals surface area contributed by atoms with Gasteiger partial charge in [-0.15, -0.1) is 5.92 Å². The first-order chi connectivity index (χ1) is 11.3. The Kier molecular flexibility index (Phi) is 11.0. The van der Waals surface area contributed by atoms with E-state index in [4.69, 9.17) is 4.74 Å². The molecule has 0 fully saturated rings. The maximum Gasteiger partial charge on any atom is 0.338 e. The Morgan fingerprint density at radius 3 is 2.70 bits per heavy atom. The Bertz CT molecular complexity index is 564. The predicted octanol–water partition coefficient (Wildman–Crippen LogP) is 5.69. The maximum atomic E-state index is 12.1. The molecule has 2 nitrogen and oxygen atoms in total. The third-order valence-electron chi connectivity index (χ3n) is 3.11. The molecule has 122 valence electrons. The summed E-state index contributed by atoms with van der Waals surface area (Å²) >= 11 is 2.15. The van der Waals surface area contributed by atoms with Crippen molar-refractivity contribution in [2.24, 2.45) is 0 Å². The van der Waals surface area contributed by atoms with E-state index in [-0.39, 0.29) is 12.1 Å². The molecule has 0 saturated heterocycles. The maximum absolute atomic E-state index is 12.1. The number of carbonyl (C=O) groups is 1. The second-order valence-corrected chi connectivity index (χ2v) is 5.75. The Morgan fingerprint density at radius 1 is 1.22 bits per heavy atom. The Hall–Kier alpha value is -1.54. The third kappa shape index (κ3) is 9.25. The van der Waals surface area contributed by atoms with Gasteiger partial charge in [0.05, 0.1) is 5.56 Å². The minimum absolute atomic E-state index is 0.313. The highest BCUT2D eigenvalue weighted by atomic mass is 127. The number of benzene rings is 1. The van der Waals surface area contributed by atoms with Crippen molar-refractivity contribution in [2.45, 2.75) is 45.1 Å². The van der Waals surface area contributed by atoms with E-state index in [1.807, 2.05) is 40.5 Å². The first-order valence-corrected chi connectivity index (χ1v) is 9.17. The van der Waals surface area contributed by atoms with Crippen LogP contribution in [0.1, 0.15) is 49.4 Å². The number of unbranched alkanes of at least 4 members (excludes halogenated alkanes) is 3. The number of hydrogen-bond donors (Lipinski definition) is 0. The third-order valence-corrected chi connectivity index (χ3v) is 3.53. The van der Waals surface area contributed by atoms with Crippen molar-refractivity contribution in [3.63, 3.8) is 0 Å². The number of allylic oxidation sites excluding steroid dienone is 2. The summed E-state index contributed by atoms with van der Waals surface area (Å²) in [5.41, 5.74) is 0.561. The van der Waals surface area contributed by atoms with Crippen LogP contribution in [-0.2, 0) is 4.74 Å². The van der Waals surface area contributed by atoms with Crippen LogP contribution >= 0.6 is 22.6 Å². The minimum Gasteiger partial charge on any atom is -0.454 e. The lowest BCUT2D eigenvalue weighted by Crippen LogP contribution is -2.15. The fourth-order valence-electron chi connectivity index (χ4n) is 1.88. The molecule has 0 unspecified atom stereocenters. The van der Waals surface area contributed by atoms with E-state index < -0.39 is 0 Å². The van der Waals surface area contributed by atoms with Crippen LogP contribution < -0.4 is 0 Å². The van der Waals surface area contributed by atoms with Crippen LogP contribution in [0, 0.1) is 11.8 Å². The van der Waals surface area contributed by atoms with Crippen molar-refractivity contribution in [3.8, 4) is 11.8 Å². The predicted molar refractivity (Wildman–Crippen MR) is 104 cm³/mol. The molecule has 23 heavy (non-hydrogen) atoms. The van der Waals surface area contributed by atoms with Crippen molar-refractivity contribution in [1.29, 1.82) is 0 Å². The normalized spacial score (nSPS) is 12.1. The van der Waals surface area contributed by atoms with Gasteiger partial charge in [0.25, 0.3) is 0 Å². The average Bonchev–Trinajstić information content (AvgIpc) is 2.58. The van der Waals surface area contributed by atoms with Crippen molar-refractivity contribution in [3.05, 3.63) is 58.2 Å². The van der Waals surface area contributed by atoms with Crippen LogP contribution in [0.3, 0.4) is 0 Å². The fourth-order valence-corrected chi connectivity index (χ4v) is 2.12. The first-order valence-electron chi connectivity index (χ1n) is 7.93. The van der Waals surface area contributed by atoms with Crippen LogP contribution in [0.25, 0.3) is 0 Å². The van der Waals surface area contributed by atoms with Gasteiger partial charge >= 0.3 is 5.97 Å². The molecule has 0 aromatic heterocycles. The highest BCUT2D eigenvalue weighted by Crippen LogP contribution is 2.08. The van der Waals surface area contributed by atoms with Gasteiger partial charge in [-0.25, -0.2) is 4.79 Å². The molecule has 1 aromatic rings. The molecule has 0 radical (unpaired) electrons. The number of esters is 1. The van der Waals surface area contributed by atoms with Crippen LogP contribution in [-0.4, -0.2) is 12.1 Å². The summed E-state index contributed by atoms with van der Waals surface area (Å²) in [5.74, 6) is 5.97. The molecule has 0 aliphatic heterocycles. The summed E-state index contributed by atoms with van der Waals surface area (Å²) in [4.78, 5) is 12.1. The van der Waals surface area contributed by atoms with E-state index in [0.717, 1.165) is 12.8 Å². The minimum atomic E-state index is -0.325. The molecule has 0 aliphatic rings. The van der Waals surface area contributed by atoms with Gasteiger partial charge in [0.15, 0.2) is 0 Å². The number of ether oxygens (including phenoxy) is 1. The van der Waals surface area contributed by atoms with E-state index >= 15 is 0 Å². The molecule has 1 aromatic carbocycles. The second kappa shape index (κ2) is 13.0. The Morgan fingerprint density at radius 2 is 2.00 bits per heavy atom. The van der Waals surface area contributed by atoms with Crippen LogP contribution in [0.5, 0.6) is 0 Å². The van der Waals surface area contributed by atoms with Gasteiger partial charge in [0, 0.05) is 12.8 Å². The molecule has 0 saturated carbocycles. The molecule has 1 atom stereocenters. The zero-order valence-electron chi connectivity index (χ0n) is 13.5. The van der Waals surface area contributed by atoms with Crippen molar-refractivity contribution in [2.75, 3.05) is 0 Å². The SMILES string of the molecule is CCCCCC#CC[C@H](/C=C/C=C\I)OC(=O)c1ccccc1. The van der Waals surface area contributed by atoms with Crippen LogP contribution in [0.4, 0.5) is 0 Å². The second-order valence-electron chi connectivity index (χ2n) is 5.03. The van der Waals surface area contributed by atoms with E-state index in [9.17, 15) is 4.79 Å². The molecular weight excluding hydrogens is 399 g/mol. The lowest BCUT2D eigenvalue weighted by Gasteiger charge is -2.11. The van der Waals surface area contributed by atoms with Gasteiger partial charge in [-0.2, -0.15) is 0 Å². The number of hydrogen-bond acceptors (Lipinski definition) is 2. The molecule has 0 heterocycles. The highest BCUT2D eigenvalue weighted by Gasteiger charge is 2.12. The van der Waals surface area contributed by atoms with Gasteiger partial charge < -0.3 is 4.74 Å². The highest BCUT2D eigenvalue weighted by molar-refractivity contribution is 14.1. The van der Waals surface area contributed by atoms with Crippen molar-refractivity contribution in [1.82, 2.24) is 0 Å². The summed E-state index contributed by atoms with van der Waals surface area (Å²) in [6.45, 7) is 2.18. The first kappa shape index (κ1) is 19.5. The van der Waals surface area contributed by atoms with Gasteiger partial charge in [-0.3, -0.25) is 0 Å². The number of carbonyl (C=O) groups excluding carboxylic acids is 1. The molecular formula is C20H23IO2. The Labute approximate surface area is 153 Å². The molecule has 3 heteroatoms. The summed E-state index contributed by atoms with van der Waals surface area (Å²) in [6.07, 6.45) is 10.3. The summed E-state index contributed by atoms with van der Waals surface area (Å²) < 4.78 is 7.45. The lowest BCUT2D eigenvalue weighted by molar-refractivity contribution is 0.0403. The van der Waals surface area contributed by atoms with E-state index in [0.29, 0.717) is 12.0 Å². The summed E-state index contributed by atoms with van der Waals surface area (Å²) in [6, 6.07) is 9.04. The zero-order chi connectivity index (χ0) is 16.8. The topological polar surface area (TPSA) is 26.3 Å². The lowest BCUT2D eigenvalue weighted by atomic mass is 10.2. The van der Waals surface area contributed by atoms with E-state index in [1.54, 1.807) is 12.1 Å². The molecule has 1 rings (SSSR count). The van der Waals surface area contributed by atoms with Gasteiger partial charge in [-0.1, -0.05) is 78.6 Å². The molecule has 0 spiro atoms. The zero-order valence-corrected chi connectivity index (χ0v) is 15.7. The van der Waals surface area contributed by atoms with E-state index in [2.05, 4.69) is 41.4 Å². The average molecular weight is 422 g/mol. The summed E-state index contributed by atoms with van der Waals surface area (Å²) in [5, 5.41) is 0. The number of rotatable bonds is 8. The largest absolute Gasteiger partial charge is 0.454 e. The van der Waals surface area contributed by atoms with Crippen LogP contribution in [0.2, 0.25) is 0 Å². The molecule has 0 amide bonds. The fraction of sp³-hybridized carbons (Fsp3) is 0.350. The van der Waals surface area contributed by atoms with Crippen molar-refractivity contribution < 1.29 is 9.53 Å². The van der Waals surface area contributed by atoms with Crippen molar-refractivity contribution >= 4 is 28.6 Å². The molecule has 0 aliphatic carbocycles. The smallest absolute Gasteiger partial charge is 0.338 e. The van der Waals surface area contributed by atoms with E-state index in [1.165, 1.54) is 12.8 Å². The van der Waals surface area contributed by atoms with Gasteiger partial charge in [0.2, 0.25) is 0 Å². The number of halogens is 1. The van der Waals surface area contributed by atoms with Crippen LogP contribution in [0.15, 0.2) is 52.6 Å². The monoisotopic (exact) mass is 422 g/mol. The standard InChI is InChI=1S/C20H23IO2/c1-2-3-4-5-6-10-15-19(16-11-12-17-21)23-20(22)18-13-8-7-9-14-18/h7-9,11-14,16-17,19H,2-5,15H2,1H3/b16-11+,17-12-/t19-/m1/s1. The molecule has 0 bridgehead atoms. The summed E-state index contributed by atoms with van der Waals surface area (Å²) in [7, 11) is 0. The Balaban J connectivity index is 2.59. The molecule has 0 N–H and O–H groups in total. The quantitative estimate of drug-likeness (QED) is 0.177. The van der Waals surface area contributed by atoms with Gasteiger partial charge in [-0.05, 0) is 28.7 Å². The van der Waals surface area contributed by atoms with Gasteiger partial charge in [0.1, 0.15) is 6.10 Å².